The molecule has 0 aromatic heterocycles. The number of ether oxygens (including phenoxy) is 2. The molecule has 0 aliphatic heterocycles. The lowest BCUT2D eigenvalue weighted by Gasteiger charge is -2.30. The van der Waals surface area contributed by atoms with Gasteiger partial charge in [0.25, 0.3) is 5.91 Å². The smallest absolute Gasteiger partial charge is 0.255 e. The minimum atomic E-state index is -0.191. The molecule has 146 valence electrons. The van der Waals surface area contributed by atoms with Crippen LogP contribution in [0.15, 0.2) is 42.5 Å². The quantitative estimate of drug-likeness (QED) is 0.698. The summed E-state index contributed by atoms with van der Waals surface area (Å²) in [5, 5.41) is 3.56. The fourth-order valence-electron chi connectivity index (χ4n) is 3.11. The third kappa shape index (κ3) is 5.37. The van der Waals surface area contributed by atoms with Crippen molar-refractivity contribution in [2.45, 2.75) is 19.9 Å². The van der Waals surface area contributed by atoms with Gasteiger partial charge in [-0.25, -0.2) is 0 Å². The average molecular weight is 391 g/mol. The van der Waals surface area contributed by atoms with Crippen LogP contribution in [0.2, 0.25) is 5.02 Å². The lowest BCUT2D eigenvalue weighted by Crippen LogP contribution is -2.38. The summed E-state index contributed by atoms with van der Waals surface area (Å²) in [7, 11) is 3.18. The number of hydrogen-bond donors (Lipinski definition) is 1. The Morgan fingerprint density at radius 1 is 1.11 bits per heavy atom. The van der Waals surface area contributed by atoms with Gasteiger partial charge in [0, 0.05) is 11.6 Å². The molecule has 5 nitrogen and oxygen atoms in total. The molecular formula is C21H27ClN2O3. The summed E-state index contributed by atoms with van der Waals surface area (Å²) < 4.78 is 10.6. The van der Waals surface area contributed by atoms with Gasteiger partial charge in [-0.1, -0.05) is 37.6 Å². The first kappa shape index (κ1) is 21.1. The molecule has 0 bridgehead atoms. The Bertz CT molecular complexity index is 763. The van der Waals surface area contributed by atoms with E-state index in [1.54, 1.807) is 25.3 Å². The fourth-order valence-corrected chi connectivity index (χ4v) is 3.27. The fraction of sp³-hybridized carbons (Fsp3) is 0.381. The highest BCUT2D eigenvalue weighted by atomic mass is 35.5. The Morgan fingerprint density at radius 2 is 1.85 bits per heavy atom. The molecule has 0 aliphatic carbocycles. The number of amides is 1. The molecule has 1 atom stereocenters. The van der Waals surface area contributed by atoms with Crippen molar-refractivity contribution in [2.75, 3.05) is 33.9 Å². The zero-order valence-corrected chi connectivity index (χ0v) is 17.0. The van der Waals surface area contributed by atoms with Gasteiger partial charge in [-0.3, -0.25) is 9.69 Å². The van der Waals surface area contributed by atoms with Gasteiger partial charge in [0.15, 0.2) is 0 Å². The van der Waals surface area contributed by atoms with Crippen LogP contribution in [0.3, 0.4) is 0 Å². The van der Waals surface area contributed by atoms with E-state index in [0.717, 1.165) is 24.4 Å². The van der Waals surface area contributed by atoms with Crippen LogP contribution >= 0.6 is 11.6 Å². The van der Waals surface area contributed by atoms with Crippen molar-refractivity contribution >= 4 is 17.5 Å². The number of nitrogens with one attached hydrogen (secondary N) is 1. The van der Waals surface area contributed by atoms with Crippen LogP contribution in [0.25, 0.3) is 0 Å². The zero-order valence-electron chi connectivity index (χ0n) is 16.3. The summed E-state index contributed by atoms with van der Waals surface area (Å²) in [4.78, 5) is 15.0. The van der Waals surface area contributed by atoms with Crippen LogP contribution in [0.5, 0.6) is 11.5 Å². The largest absolute Gasteiger partial charge is 0.497 e. The van der Waals surface area contributed by atoms with Crippen molar-refractivity contribution in [1.29, 1.82) is 0 Å². The van der Waals surface area contributed by atoms with Crippen LogP contribution in [-0.2, 0) is 0 Å². The standard InChI is InChI=1S/C21H27ClN2O3/c1-5-24(6-2)19(15-8-7-9-17(12-15)26-3)14-23-21(25)18-11-10-16(22)13-20(18)27-4/h7-13,19H,5-6,14H2,1-4H3,(H,23,25). The van der Waals surface area contributed by atoms with E-state index in [2.05, 4.69) is 30.1 Å². The Balaban J connectivity index is 2.22. The topological polar surface area (TPSA) is 50.8 Å². The van der Waals surface area contributed by atoms with Gasteiger partial charge in [0.2, 0.25) is 0 Å². The number of hydrogen-bond acceptors (Lipinski definition) is 4. The molecule has 27 heavy (non-hydrogen) atoms. The minimum Gasteiger partial charge on any atom is -0.497 e. The normalized spacial score (nSPS) is 11.9. The number of likely N-dealkylation sites (N-methyl/N-ethyl adjacent to an activating group) is 1. The average Bonchev–Trinajstić information content (AvgIpc) is 2.70. The number of halogens is 1. The molecule has 0 aliphatic rings. The maximum absolute atomic E-state index is 12.7. The predicted octanol–water partition coefficient (Wildman–Crippen LogP) is 4.17. The Kier molecular flexibility index (Phi) is 7.95. The van der Waals surface area contributed by atoms with E-state index in [9.17, 15) is 4.79 Å². The van der Waals surface area contributed by atoms with Gasteiger partial charge in [0.05, 0.1) is 25.8 Å². The van der Waals surface area contributed by atoms with Crippen LogP contribution in [0, 0.1) is 0 Å². The molecule has 0 spiro atoms. The highest BCUT2D eigenvalue weighted by Crippen LogP contribution is 2.25. The second kappa shape index (κ2) is 10.2. The maximum Gasteiger partial charge on any atom is 0.255 e. The van der Waals surface area contributed by atoms with Crippen molar-refractivity contribution in [2.24, 2.45) is 0 Å². The molecule has 0 saturated carbocycles. The van der Waals surface area contributed by atoms with Crippen molar-refractivity contribution in [3.05, 3.63) is 58.6 Å². The van der Waals surface area contributed by atoms with E-state index in [4.69, 9.17) is 21.1 Å². The van der Waals surface area contributed by atoms with E-state index in [1.165, 1.54) is 7.11 Å². The van der Waals surface area contributed by atoms with Crippen molar-refractivity contribution in [1.82, 2.24) is 10.2 Å². The van der Waals surface area contributed by atoms with Crippen LogP contribution in [0.4, 0.5) is 0 Å². The molecule has 1 unspecified atom stereocenters. The lowest BCUT2D eigenvalue weighted by molar-refractivity contribution is 0.0932. The number of nitrogens with zero attached hydrogens (tertiary/aromatic N) is 1. The summed E-state index contributed by atoms with van der Waals surface area (Å²) in [5.74, 6) is 1.07. The molecule has 2 rings (SSSR count). The van der Waals surface area contributed by atoms with E-state index in [1.807, 2.05) is 18.2 Å². The van der Waals surface area contributed by atoms with Crippen molar-refractivity contribution < 1.29 is 14.3 Å². The Hall–Kier alpha value is -2.24. The molecule has 1 N–H and O–H groups in total. The molecule has 2 aromatic carbocycles. The number of carbonyl (C=O) groups is 1. The van der Waals surface area contributed by atoms with Crippen LogP contribution < -0.4 is 14.8 Å². The molecular weight excluding hydrogens is 364 g/mol. The maximum atomic E-state index is 12.7. The van der Waals surface area contributed by atoms with E-state index in [0.29, 0.717) is 22.9 Å². The number of benzene rings is 2. The Labute approximate surface area is 166 Å². The molecule has 0 saturated heterocycles. The zero-order chi connectivity index (χ0) is 19.8. The van der Waals surface area contributed by atoms with Gasteiger partial charge in [0.1, 0.15) is 11.5 Å². The second-order valence-corrected chi connectivity index (χ2v) is 6.50. The number of methoxy groups -OCH3 is 2. The van der Waals surface area contributed by atoms with E-state index < -0.39 is 0 Å². The third-order valence-corrected chi connectivity index (χ3v) is 4.83. The second-order valence-electron chi connectivity index (χ2n) is 6.07. The SMILES string of the molecule is CCN(CC)C(CNC(=O)c1ccc(Cl)cc1OC)c1cccc(OC)c1. The summed E-state index contributed by atoms with van der Waals surface area (Å²) in [6, 6.07) is 13.0. The van der Waals surface area contributed by atoms with Gasteiger partial charge in [-0.05, 0) is 49.0 Å². The lowest BCUT2D eigenvalue weighted by atomic mass is 10.0. The Morgan fingerprint density at radius 3 is 2.48 bits per heavy atom. The van der Waals surface area contributed by atoms with Crippen LogP contribution in [0.1, 0.15) is 35.8 Å². The van der Waals surface area contributed by atoms with E-state index >= 15 is 0 Å². The predicted molar refractivity (Wildman–Crippen MR) is 109 cm³/mol. The third-order valence-electron chi connectivity index (χ3n) is 4.60. The number of carbonyl (C=O) groups excluding carboxylic acids is 1. The summed E-state index contributed by atoms with van der Waals surface area (Å²) in [6.45, 7) is 6.44. The number of rotatable bonds is 9. The highest BCUT2D eigenvalue weighted by molar-refractivity contribution is 6.30. The first-order valence-electron chi connectivity index (χ1n) is 9.03. The molecule has 2 aromatic rings. The first-order chi connectivity index (χ1) is 13.0. The van der Waals surface area contributed by atoms with Gasteiger partial charge in [-0.15, -0.1) is 0 Å². The summed E-state index contributed by atoms with van der Waals surface area (Å²) in [6.07, 6.45) is 0. The molecule has 0 heterocycles. The van der Waals surface area contributed by atoms with Crippen LogP contribution in [-0.4, -0.2) is 44.7 Å². The van der Waals surface area contributed by atoms with Crippen molar-refractivity contribution in [3.63, 3.8) is 0 Å². The van der Waals surface area contributed by atoms with Crippen molar-refractivity contribution in [3.8, 4) is 11.5 Å². The monoisotopic (exact) mass is 390 g/mol. The highest BCUT2D eigenvalue weighted by Gasteiger charge is 2.21. The molecule has 0 fully saturated rings. The first-order valence-corrected chi connectivity index (χ1v) is 9.41. The van der Waals surface area contributed by atoms with Gasteiger partial charge >= 0.3 is 0 Å². The minimum absolute atomic E-state index is 0.0392. The summed E-state index contributed by atoms with van der Waals surface area (Å²) >= 11 is 5.99. The van der Waals surface area contributed by atoms with Gasteiger partial charge < -0.3 is 14.8 Å². The summed E-state index contributed by atoms with van der Waals surface area (Å²) in [5.41, 5.74) is 1.56. The molecule has 0 radical (unpaired) electrons. The molecule has 1 amide bonds. The van der Waals surface area contributed by atoms with Gasteiger partial charge in [-0.2, -0.15) is 0 Å². The van der Waals surface area contributed by atoms with E-state index in [-0.39, 0.29) is 11.9 Å². The molecule has 6 heteroatoms.